The molecule has 0 saturated carbocycles. The van der Waals surface area contributed by atoms with E-state index in [1.165, 1.54) is 0 Å². The summed E-state index contributed by atoms with van der Waals surface area (Å²) in [5.74, 6) is 0.893. The molecule has 0 unspecified atom stereocenters. The van der Waals surface area contributed by atoms with Crippen LogP contribution >= 0.6 is 15.9 Å². The Morgan fingerprint density at radius 3 is 2.85 bits per heavy atom. The second kappa shape index (κ2) is 6.35. The van der Waals surface area contributed by atoms with Crippen molar-refractivity contribution in [3.8, 4) is 6.07 Å². The third-order valence-electron chi connectivity index (χ3n) is 2.52. The van der Waals surface area contributed by atoms with Crippen LogP contribution in [0.4, 0.5) is 5.88 Å². The number of benzene rings is 1. The van der Waals surface area contributed by atoms with Crippen LogP contribution in [-0.4, -0.2) is 11.2 Å². The molecule has 0 bridgehead atoms. The number of anilines is 1. The van der Waals surface area contributed by atoms with Gasteiger partial charge >= 0.3 is 0 Å². The van der Waals surface area contributed by atoms with Crippen LogP contribution in [0.15, 0.2) is 38.3 Å². The first-order valence-electron chi connectivity index (χ1n) is 6.06. The van der Waals surface area contributed by atoms with Gasteiger partial charge in [0.15, 0.2) is 0 Å². The molecule has 0 aliphatic rings. The number of rotatable bonds is 4. The number of hydrazone groups is 1. The molecule has 0 atom stereocenters. The summed E-state index contributed by atoms with van der Waals surface area (Å²) in [6.07, 6.45) is 1.64. The summed E-state index contributed by atoms with van der Waals surface area (Å²) in [6.45, 7) is 3.89. The van der Waals surface area contributed by atoms with E-state index in [4.69, 9.17) is 9.68 Å². The van der Waals surface area contributed by atoms with Crippen molar-refractivity contribution in [1.82, 2.24) is 4.98 Å². The Morgan fingerprint density at radius 1 is 1.45 bits per heavy atom. The lowest BCUT2D eigenvalue weighted by atomic mass is 10.2. The molecule has 0 amide bonds. The Balaban J connectivity index is 2.15. The van der Waals surface area contributed by atoms with Gasteiger partial charge in [-0.05, 0) is 6.07 Å². The van der Waals surface area contributed by atoms with Crippen LogP contribution < -0.4 is 5.43 Å². The smallest absolute Gasteiger partial charge is 0.252 e. The highest BCUT2D eigenvalue weighted by molar-refractivity contribution is 9.10. The van der Waals surface area contributed by atoms with E-state index in [0.717, 1.165) is 10.0 Å². The van der Waals surface area contributed by atoms with Gasteiger partial charge in [0.05, 0.1) is 6.21 Å². The molecule has 2 aromatic rings. The lowest BCUT2D eigenvalue weighted by molar-refractivity contribution is 0.481. The second-order valence-corrected chi connectivity index (χ2v) is 5.24. The summed E-state index contributed by atoms with van der Waals surface area (Å²) in [4.78, 5) is 4.10. The molecule has 0 aliphatic carbocycles. The van der Waals surface area contributed by atoms with Crippen LogP contribution in [0.3, 0.4) is 0 Å². The fourth-order valence-electron chi connectivity index (χ4n) is 1.48. The van der Waals surface area contributed by atoms with Gasteiger partial charge in [0.25, 0.3) is 5.88 Å². The van der Waals surface area contributed by atoms with Gasteiger partial charge < -0.3 is 4.42 Å². The fourth-order valence-corrected chi connectivity index (χ4v) is 1.86. The maximum atomic E-state index is 9.00. The quantitative estimate of drug-likeness (QED) is 0.681. The van der Waals surface area contributed by atoms with Crippen molar-refractivity contribution < 1.29 is 4.42 Å². The molecule has 1 aromatic carbocycles. The summed E-state index contributed by atoms with van der Waals surface area (Å²) in [6, 6.07) is 9.66. The van der Waals surface area contributed by atoms with E-state index in [2.05, 4.69) is 31.4 Å². The SMILES string of the molecule is CC(C)c1nc(C#N)c(NN=Cc2ccccc2Br)o1. The first-order chi connectivity index (χ1) is 9.61. The van der Waals surface area contributed by atoms with Crippen LogP contribution in [-0.2, 0) is 0 Å². The molecule has 20 heavy (non-hydrogen) atoms. The third kappa shape index (κ3) is 3.25. The van der Waals surface area contributed by atoms with Gasteiger partial charge in [0.2, 0.25) is 11.6 Å². The number of nitriles is 1. The zero-order valence-corrected chi connectivity index (χ0v) is 12.7. The Kier molecular flexibility index (Phi) is 4.53. The lowest BCUT2D eigenvalue weighted by Gasteiger charge is -1.98. The summed E-state index contributed by atoms with van der Waals surface area (Å²) < 4.78 is 6.40. The molecule has 2 rings (SSSR count). The summed E-state index contributed by atoms with van der Waals surface area (Å²) in [5.41, 5.74) is 3.84. The molecule has 102 valence electrons. The average molecular weight is 333 g/mol. The van der Waals surface area contributed by atoms with Crippen molar-refractivity contribution in [1.29, 1.82) is 5.26 Å². The van der Waals surface area contributed by atoms with Crippen LogP contribution in [0.5, 0.6) is 0 Å². The lowest BCUT2D eigenvalue weighted by Crippen LogP contribution is -1.92. The normalized spacial score (nSPS) is 10.9. The van der Waals surface area contributed by atoms with Crippen molar-refractivity contribution in [2.45, 2.75) is 19.8 Å². The number of nitrogens with zero attached hydrogens (tertiary/aromatic N) is 3. The van der Waals surface area contributed by atoms with Crippen LogP contribution in [0, 0.1) is 11.3 Å². The summed E-state index contributed by atoms with van der Waals surface area (Å²) >= 11 is 3.43. The molecule has 0 aliphatic heterocycles. The minimum Gasteiger partial charge on any atom is -0.422 e. The minimum atomic E-state index is 0.116. The predicted molar refractivity (Wildman–Crippen MR) is 80.7 cm³/mol. The minimum absolute atomic E-state index is 0.116. The summed E-state index contributed by atoms with van der Waals surface area (Å²) in [5, 5.41) is 13.1. The molecule has 0 saturated heterocycles. The van der Waals surface area contributed by atoms with Crippen LogP contribution in [0.25, 0.3) is 0 Å². The number of hydrogen-bond donors (Lipinski definition) is 1. The van der Waals surface area contributed by atoms with Crippen LogP contribution in [0.2, 0.25) is 0 Å². The molecular weight excluding hydrogens is 320 g/mol. The van der Waals surface area contributed by atoms with E-state index < -0.39 is 0 Å². The molecule has 1 N–H and O–H groups in total. The Labute approximate surface area is 125 Å². The fraction of sp³-hybridized carbons (Fsp3) is 0.214. The molecule has 0 spiro atoms. The van der Waals surface area contributed by atoms with Crippen molar-refractivity contribution >= 4 is 28.0 Å². The van der Waals surface area contributed by atoms with E-state index in [9.17, 15) is 0 Å². The van der Waals surface area contributed by atoms with Crippen molar-refractivity contribution in [3.05, 3.63) is 45.9 Å². The van der Waals surface area contributed by atoms with Crippen molar-refractivity contribution in [2.24, 2.45) is 5.10 Å². The molecule has 0 radical (unpaired) electrons. The topological polar surface area (TPSA) is 74.2 Å². The maximum Gasteiger partial charge on any atom is 0.252 e. The maximum absolute atomic E-state index is 9.00. The highest BCUT2D eigenvalue weighted by Crippen LogP contribution is 2.22. The number of hydrogen-bond acceptors (Lipinski definition) is 5. The molecule has 0 fully saturated rings. The first kappa shape index (κ1) is 14.3. The Morgan fingerprint density at radius 2 is 2.20 bits per heavy atom. The first-order valence-corrected chi connectivity index (χ1v) is 6.85. The number of nitrogens with one attached hydrogen (secondary N) is 1. The largest absolute Gasteiger partial charge is 0.422 e. The zero-order chi connectivity index (χ0) is 14.5. The van der Waals surface area contributed by atoms with Gasteiger partial charge in [-0.15, -0.1) is 0 Å². The van der Waals surface area contributed by atoms with Gasteiger partial charge in [0, 0.05) is 16.0 Å². The predicted octanol–water partition coefficient (Wildman–Crippen LogP) is 3.88. The van der Waals surface area contributed by atoms with Gasteiger partial charge in [-0.1, -0.05) is 48.0 Å². The standard InChI is InChI=1S/C14H13BrN4O/c1-9(2)13-18-12(7-16)14(20-13)19-17-8-10-5-3-4-6-11(10)15/h3-6,8-9,19H,1-2H3. The Bertz CT molecular complexity index is 670. The Hall–Kier alpha value is -2.13. The monoisotopic (exact) mass is 332 g/mol. The zero-order valence-electron chi connectivity index (χ0n) is 11.1. The van der Waals surface area contributed by atoms with Crippen molar-refractivity contribution in [2.75, 3.05) is 5.43 Å². The van der Waals surface area contributed by atoms with Gasteiger partial charge in [-0.3, -0.25) is 0 Å². The molecule has 1 heterocycles. The van der Waals surface area contributed by atoms with Gasteiger partial charge in [0.1, 0.15) is 6.07 Å². The number of oxazole rings is 1. The molecule has 1 aromatic heterocycles. The third-order valence-corrected chi connectivity index (χ3v) is 3.24. The number of halogens is 1. The van der Waals surface area contributed by atoms with Crippen LogP contribution in [0.1, 0.15) is 36.9 Å². The average Bonchev–Trinajstić information content (AvgIpc) is 2.84. The van der Waals surface area contributed by atoms with E-state index in [1.807, 2.05) is 44.2 Å². The molecular formula is C14H13BrN4O. The number of aromatic nitrogens is 1. The highest BCUT2D eigenvalue weighted by Gasteiger charge is 2.14. The van der Waals surface area contributed by atoms with E-state index in [-0.39, 0.29) is 17.5 Å². The van der Waals surface area contributed by atoms with E-state index >= 15 is 0 Å². The molecule has 5 nitrogen and oxygen atoms in total. The van der Waals surface area contributed by atoms with E-state index in [0.29, 0.717) is 5.89 Å². The second-order valence-electron chi connectivity index (χ2n) is 4.39. The van der Waals surface area contributed by atoms with E-state index in [1.54, 1.807) is 6.21 Å². The molecule has 6 heteroatoms. The summed E-state index contributed by atoms with van der Waals surface area (Å²) in [7, 11) is 0. The van der Waals surface area contributed by atoms with Gasteiger partial charge in [-0.25, -0.2) is 10.4 Å². The van der Waals surface area contributed by atoms with Crippen molar-refractivity contribution in [3.63, 3.8) is 0 Å². The van der Waals surface area contributed by atoms with Gasteiger partial charge in [-0.2, -0.15) is 10.4 Å². The highest BCUT2D eigenvalue weighted by atomic mass is 79.9.